The summed E-state index contributed by atoms with van der Waals surface area (Å²) in [6.07, 6.45) is 6.99. The lowest BCUT2D eigenvalue weighted by atomic mass is 9.49. The summed E-state index contributed by atoms with van der Waals surface area (Å²) in [4.78, 5) is 2.16. The first-order valence-electron chi connectivity index (χ1n) is 8.18. The first kappa shape index (κ1) is 13.9. The van der Waals surface area contributed by atoms with E-state index in [4.69, 9.17) is 0 Å². The molecule has 0 spiro atoms. The van der Waals surface area contributed by atoms with Crippen LogP contribution in [-0.4, -0.2) is 38.4 Å². The van der Waals surface area contributed by atoms with Crippen LogP contribution in [0, 0.1) is 0 Å². The Kier molecular flexibility index (Phi) is 2.80. The number of hydrogen-bond acceptors (Lipinski definition) is 4. The minimum Gasteiger partial charge on any atom is -0.504 e. The maximum absolute atomic E-state index is 11.6. The van der Waals surface area contributed by atoms with Gasteiger partial charge in [-0.25, -0.2) is 0 Å². The fraction of sp³-hybridized carbons (Fsp3) is 0.556. The van der Waals surface area contributed by atoms with Gasteiger partial charge in [-0.2, -0.15) is 0 Å². The largest absolute Gasteiger partial charge is 0.504 e. The third kappa shape index (κ3) is 1.46. The molecule has 4 rings (SSSR count). The lowest BCUT2D eigenvalue weighted by molar-refractivity contribution is -0.156. The highest BCUT2D eigenvalue weighted by Crippen LogP contribution is 2.60. The molecular formula is C18H23NO3. The quantitative estimate of drug-likeness (QED) is 0.697. The minimum atomic E-state index is -0.851. The molecule has 2 bridgehead atoms. The van der Waals surface area contributed by atoms with Gasteiger partial charge in [0.25, 0.3) is 0 Å². The van der Waals surface area contributed by atoms with Crippen molar-refractivity contribution in [2.45, 2.75) is 55.6 Å². The van der Waals surface area contributed by atoms with Crippen molar-refractivity contribution in [1.82, 2.24) is 4.90 Å². The highest BCUT2D eigenvalue weighted by Gasteiger charge is 2.63. The molecule has 118 valence electrons. The maximum Gasteiger partial charge on any atom is 0.161 e. The number of fused-ring (bicyclic) bond motifs is 1. The molecular weight excluding hydrogens is 278 g/mol. The van der Waals surface area contributed by atoms with Crippen LogP contribution in [0.1, 0.15) is 43.2 Å². The van der Waals surface area contributed by atoms with Crippen LogP contribution in [0.15, 0.2) is 24.9 Å². The van der Waals surface area contributed by atoms with E-state index in [0.29, 0.717) is 6.42 Å². The topological polar surface area (TPSA) is 63.9 Å². The summed E-state index contributed by atoms with van der Waals surface area (Å²) in [5.41, 5.74) is 0.565. The molecule has 0 radical (unpaired) electrons. The standard InChI is InChI=1S/C18H23NO3/c1-2-19-10-9-17-7-3-4-8-18(17,22)14(19)11-12-5-6-13(20)16(21)15(12)17/h2,5-6,14,20-22H,1,3-4,7-11H2/t14?,17-,18+/m0/s1. The molecule has 1 saturated heterocycles. The number of rotatable bonds is 1. The second-order valence-electron chi connectivity index (χ2n) is 7.07. The van der Waals surface area contributed by atoms with Gasteiger partial charge in [0.1, 0.15) is 0 Å². The van der Waals surface area contributed by atoms with E-state index in [1.165, 1.54) is 0 Å². The number of nitrogens with zero attached hydrogens (tertiary/aromatic N) is 1. The smallest absolute Gasteiger partial charge is 0.161 e. The number of aromatic hydroxyl groups is 2. The SMILES string of the molecule is C=CN1CC[C@]23CCCC[C@@]2(O)C1Cc1ccc(O)c(O)c13. The Morgan fingerprint density at radius 2 is 1.95 bits per heavy atom. The van der Waals surface area contributed by atoms with Crippen molar-refractivity contribution in [2.75, 3.05) is 6.54 Å². The molecule has 0 aromatic heterocycles. The van der Waals surface area contributed by atoms with Crippen LogP contribution in [0.3, 0.4) is 0 Å². The van der Waals surface area contributed by atoms with Gasteiger partial charge in [0.15, 0.2) is 11.5 Å². The molecule has 1 saturated carbocycles. The van der Waals surface area contributed by atoms with Crippen LogP contribution in [-0.2, 0) is 11.8 Å². The first-order chi connectivity index (χ1) is 10.5. The zero-order valence-electron chi connectivity index (χ0n) is 12.8. The Labute approximate surface area is 130 Å². The van der Waals surface area contributed by atoms with E-state index in [-0.39, 0.29) is 17.5 Å². The first-order valence-corrected chi connectivity index (χ1v) is 8.18. The zero-order chi connectivity index (χ0) is 15.5. The fourth-order valence-electron chi connectivity index (χ4n) is 5.36. The van der Waals surface area contributed by atoms with Crippen LogP contribution < -0.4 is 0 Å². The summed E-state index contributed by atoms with van der Waals surface area (Å²) >= 11 is 0. The van der Waals surface area contributed by atoms with Crippen LogP contribution in [0.4, 0.5) is 0 Å². The lowest BCUT2D eigenvalue weighted by Crippen LogP contribution is -2.71. The summed E-state index contributed by atoms with van der Waals surface area (Å²) in [5, 5.41) is 32.2. The van der Waals surface area contributed by atoms with E-state index >= 15 is 0 Å². The van der Waals surface area contributed by atoms with E-state index in [1.54, 1.807) is 6.07 Å². The number of likely N-dealkylation sites (tertiary alicyclic amines) is 1. The van der Waals surface area contributed by atoms with Crippen molar-refractivity contribution in [1.29, 1.82) is 0 Å². The number of hydrogen-bond donors (Lipinski definition) is 3. The Balaban J connectivity index is 2.00. The molecule has 4 nitrogen and oxygen atoms in total. The van der Waals surface area contributed by atoms with Crippen molar-refractivity contribution in [3.63, 3.8) is 0 Å². The predicted molar refractivity (Wildman–Crippen MR) is 83.9 cm³/mol. The van der Waals surface area contributed by atoms with Crippen molar-refractivity contribution >= 4 is 0 Å². The van der Waals surface area contributed by atoms with Crippen LogP contribution in [0.2, 0.25) is 0 Å². The molecule has 2 fully saturated rings. The van der Waals surface area contributed by atoms with Crippen molar-refractivity contribution in [2.24, 2.45) is 0 Å². The van der Waals surface area contributed by atoms with E-state index in [2.05, 4.69) is 11.5 Å². The Morgan fingerprint density at radius 3 is 2.73 bits per heavy atom. The maximum atomic E-state index is 11.6. The number of piperidine rings is 1. The van der Waals surface area contributed by atoms with Crippen molar-refractivity contribution in [3.05, 3.63) is 36.0 Å². The van der Waals surface area contributed by atoms with Gasteiger partial charge in [-0.3, -0.25) is 0 Å². The number of phenolic OH excluding ortho intramolecular Hbond substituents is 2. The van der Waals surface area contributed by atoms with Gasteiger partial charge in [0, 0.05) is 17.5 Å². The summed E-state index contributed by atoms with van der Waals surface area (Å²) in [7, 11) is 0. The van der Waals surface area contributed by atoms with E-state index < -0.39 is 11.0 Å². The minimum absolute atomic E-state index is 0.00972. The third-order valence-electron chi connectivity index (χ3n) is 6.36. The van der Waals surface area contributed by atoms with Gasteiger partial charge in [-0.1, -0.05) is 25.5 Å². The molecule has 3 aliphatic rings. The van der Waals surface area contributed by atoms with Crippen LogP contribution in [0.25, 0.3) is 0 Å². The number of phenols is 2. The molecule has 3 atom stereocenters. The van der Waals surface area contributed by atoms with Crippen molar-refractivity contribution in [3.8, 4) is 11.5 Å². The van der Waals surface area contributed by atoms with Crippen LogP contribution in [0.5, 0.6) is 11.5 Å². The third-order valence-corrected chi connectivity index (χ3v) is 6.36. The fourth-order valence-corrected chi connectivity index (χ4v) is 5.36. The molecule has 1 unspecified atom stereocenters. The monoisotopic (exact) mass is 301 g/mol. The summed E-state index contributed by atoms with van der Waals surface area (Å²) in [6.45, 7) is 4.75. The molecule has 22 heavy (non-hydrogen) atoms. The predicted octanol–water partition coefficient (Wildman–Crippen LogP) is 2.41. The highest BCUT2D eigenvalue weighted by molar-refractivity contribution is 5.57. The number of aliphatic hydroxyl groups is 1. The number of benzene rings is 1. The van der Waals surface area contributed by atoms with Gasteiger partial charge in [-0.15, -0.1) is 0 Å². The van der Waals surface area contributed by atoms with Gasteiger partial charge in [0.2, 0.25) is 0 Å². The molecule has 1 aliphatic heterocycles. The summed E-state index contributed by atoms with van der Waals surface area (Å²) < 4.78 is 0. The molecule has 1 aromatic rings. The van der Waals surface area contributed by atoms with Gasteiger partial charge < -0.3 is 20.2 Å². The second-order valence-corrected chi connectivity index (χ2v) is 7.07. The molecule has 1 heterocycles. The van der Waals surface area contributed by atoms with Gasteiger partial charge >= 0.3 is 0 Å². The highest BCUT2D eigenvalue weighted by atomic mass is 16.3. The summed E-state index contributed by atoms with van der Waals surface area (Å²) in [5.74, 6) is -0.103. The normalized spacial score (nSPS) is 36.4. The van der Waals surface area contributed by atoms with E-state index in [9.17, 15) is 15.3 Å². The van der Waals surface area contributed by atoms with Gasteiger partial charge in [0.05, 0.1) is 11.6 Å². The molecule has 4 heteroatoms. The Morgan fingerprint density at radius 1 is 1.18 bits per heavy atom. The Hall–Kier alpha value is -1.68. The van der Waals surface area contributed by atoms with E-state index in [0.717, 1.165) is 49.8 Å². The van der Waals surface area contributed by atoms with Gasteiger partial charge in [-0.05, 0) is 43.5 Å². The molecule has 1 aromatic carbocycles. The lowest BCUT2D eigenvalue weighted by Gasteiger charge is -2.63. The molecule has 3 N–H and O–H groups in total. The second kappa shape index (κ2) is 4.42. The molecule has 2 aliphatic carbocycles. The average molecular weight is 301 g/mol. The van der Waals surface area contributed by atoms with E-state index in [1.807, 2.05) is 12.3 Å². The summed E-state index contributed by atoms with van der Waals surface area (Å²) in [6, 6.07) is 3.47. The van der Waals surface area contributed by atoms with Crippen molar-refractivity contribution < 1.29 is 15.3 Å². The molecule has 0 amide bonds. The Bertz CT molecular complexity index is 643. The average Bonchev–Trinajstić information content (AvgIpc) is 2.50. The van der Waals surface area contributed by atoms with Crippen LogP contribution >= 0.6 is 0 Å². The zero-order valence-corrected chi connectivity index (χ0v) is 12.8.